The lowest BCUT2D eigenvalue weighted by Gasteiger charge is -2.45. The fourth-order valence-electron chi connectivity index (χ4n) is 9.99. The summed E-state index contributed by atoms with van der Waals surface area (Å²) < 4.78 is 7.97. The first kappa shape index (κ1) is 39.6. The maximum absolute atomic E-state index is 13.7. The van der Waals surface area contributed by atoms with Gasteiger partial charge in [0.1, 0.15) is 28.6 Å². The number of urea groups is 1. The van der Waals surface area contributed by atoms with Crippen LogP contribution in [0.1, 0.15) is 67.8 Å². The molecule has 1 aliphatic carbocycles. The normalized spacial score (nSPS) is 22.5. The zero-order chi connectivity index (χ0) is 41.3. The van der Waals surface area contributed by atoms with Crippen molar-refractivity contribution >= 4 is 40.9 Å². The molecule has 0 bridgehead atoms. The van der Waals surface area contributed by atoms with E-state index in [-0.39, 0.29) is 23.9 Å². The minimum atomic E-state index is -0.510. The van der Waals surface area contributed by atoms with Crippen LogP contribution in [0, 0.1) is 17.8 Å². The number of piperidine rings is 2. The first-order valence-electron chi connectivity index (χ1n) is 21.6. The molecule has 4 N–H and O–H groups in total. The quantitative estimate of drug-likeness (QED) is 0.163. The third-order valence-corrected chi connectivity index (χ3v) is 13.5. The number of hydrogen-bond donors (Lipinski definition) is 3. The van der Waals surface area contributed by atoms with Crippen LogP contribution in [-0.4, -0.2) is 102 Å². The van der Waals surface area contributed by atoms with E-state index in [4.69, 9.17) is 15.6 Å². The summed E-state index contributed by atoms with van der Waals surface area (Å²) in [4.78, 5) is 59.2. The highest BCUT2D eigenvalue weighted by molar-refractivity contribution is 6.06. The first-order chi connectivity index (χ1) is 29.2. The van der Waals surface area contributed by atoms with Gasteiger partial charge in [0.25, 0.3) is 5.91 Å². The molecule has 4 fully saturated rings. The Labute approximate surface area is 351 Å². The molecule has 0 unspecified atom stereocenters. The highest BCUT2D eigenvalue weighted by Gasteiger charge is 2.42. The van der Waals surface area contributed by atoms with E-state index >= 15 is 0 Å². The number of likely N-dealkylation sites (tertiary alicyclic amines) is 1. The number of nitrogens with one attached hydrogen (secondary N) is 2. The van der Waals surface area contributed by atoms with Crippen LogP contribution < -0.4 is 30.9 Å². The van der Waals surface area contributed by atoms with Crippen LogP contribution in [-0.2, 0) is 9.59 Å². The van der Waals surface area contributed by atoms with Crippen LogP contribution >= 0.6 is 0 Å². The molecule has 5 amide bonds. The molecule has 3 aromatic carbocycles. The number of para-hydroxylation sites is 1. The van der Waals surface area contributed by atoms with Gasteiger partial charge in [-0.05, 0) is 118 Å². The van der Waals surface area contributed by atoms with Gasteiger partial charge in [0.2, 0.25) is 11.8 Å². The SMILES string of the molecule is CN(CC1CCN(c2cccc(N3CCC(=O)NC3=O)c2)CC1)C1CC(C(=O)N2CCC([C@@H]3CCNc4c(C(N)=O)c(-c5ccc(Oc6ccccc6)cc5)nn43)CC2)C1. The Kier molecular flexibility index (Phi) is 11.2. The zero-order valence-corrected chi connectivity index (χ0v) is 34.3. The molecule has 60 heavy (non-hydrogen) atoms. The fourth-order valence-corrected chi connectivity index (χ4v) is 9.99. The number of imide groups is 1. The standard InChI is InChI=1S/C46H55N9O5/c1-51(29-30-15-21-52(22-16-30)34-6-5-7-35(28-34)54-25-19-40(56)49-46(54)59)36-26-33(27-36)45(58)53-23-17-31(18-24-53)39-14-20-48-44-41(43(47)57)42(50-55(39)44)32-10-12-38(13-11-32)60-37-8-3-2-4-9-37/h2-13,28,30-31,33,36,39,48H,14-27,29H2,1H3,(H2,47,57)(H,49,56,59)/t33?,36?,39-/m0/s1. The van der Waals surface area contributed by atoms with Gasteiger partial charge in [-0.3, -0.25) is 24.6 Å². The van der Waals surface area contributed by atoms with Gasteiger partial charge in [0.15, 0.2) is 0 Å². The second-order valence-corrected chi connectivity index (χ2v) is 17.2. The van der Waals surface area contributed by atoms with Crippen LogP contribution in [0.2, 0.25) is 0 Å². The number of rotatable bonds is 11. The van der Waals surface area contributed by atoms with Gasteiger partial charge in [0.05, 0.1) is 6.04 Å². The van der Waals surface area contributed by atoms with E-state index in [0.717, 1.165) is 107 Å². The maximum Gasteiger partial charge on any atom is 0.328 e. The van der Waals surface area contributed by atoms with Crippen LogP contribution in [0.4, 0.5) is 22.0 Å². The second kappa shape index (κ2) is 17.0. The summed E-state index contributed by atoms with van der Waals surface area (Å²) in [6, 6.07) is 25.4. The van der Waals surface area contributed by atoms with Crippen molar-refractivity contribution in [3.05, 3.63) is 84.4 Å². The molecular formula is C46H55N9O5. The van der Waals surface area contributed by atoms with E-state index in [1.807, 2.05) is 71.4 Å². The Morgan fingerprint density at radius 2 is 1.57 bits per heavy atom. The summed E-state index contributed by atoms with van der Waals surface area (Å²) in [7, 11) is 2.22. The molecule has 314 valence electrons. The van der Waals surface area contributed by atoms with Gasteiger partial charge >= 0.3 is 6.03 Å². The topological polar surface area (TPSA) is 158 Å². The molecule has 5 heterocycles. The van der Waals surface area contributed by atoms with E-state index in [1.54, 1.807) is 4.90 Å². The molecule has 4 aliphatic heterocycles. The van der Waals surface area contributed by atoms with Crippen molar-refractivity contribution in [2.75, 3.05) is 68.0 Å². The number of anilines is 3. The summed E-state index contributed by atoms with van der Waals surface area (Å²) in [6.07, 6.45) is 7.02. The number of fused-ring (bicyclic) bond motifs is 1. The summed E-state index contributed by atoms with van der Waals surface area (Å²) in [5.41, 5.74) is 9.68. The molecule has 4 aromatic rings. The summed E-state index contributed by atoms with van der Waals surface area (Å²) in [6.45, 7) is 5.56. The number of primary amides is 1. The lowest BCUT2D eigenvalue weighted by atomic mass is 9.77. The van der Waals surface area contributed by atoms with E-state index < -0.39 is 5.91 Å². The summed E-state index contributed by atoms with van der Waals surface area (Å²) >= 11 is 0. The van der Waals surface area contributed by atoms with Crippen molar-refractivity contribution in [1.82, 2.24) is 24.9 Å². The monoisotopic (exact) mass is 813 g/mol. The summed E-state index contributed by atoms with van der Waals surface area (Å²) in [5.74, 6) is 2.71. The number of nitrogens with zero attached hydrogens (tertiary/aromatic N) is 6. The van der Waals surface area contributed by atoms with Crippen molar-refractivity contribution in [2.45, 2.75) is 63.5 Å². The van der Waals surface area contributed by atoms with E-state index in [9.17, 15) is 19.2 Å². The van der Waals surface area contributed by atoms with Gasteiger partial charge in [0, 0.05) is 81.1 Å². The second-order valence-electron chi connectivity index (χ2n) is 17.2. The highest BCUT2D eigenvalue weighted by Crippen LogP contribution is 2.41. The molecule has 0 radical (unpaired) electrons. The average Bonchev–Trinajstić information content (AvgIpc) is 3.65. The lowest BCUT2D eigenvalue weighted by molar-refractivity contribution is -0.142. The Morgan fingerprint density at radius 3 is 2.28 bits per heavy atom. The minimum absolute atomic E-state index is 0.0880. The largest absolute Gasteiger partial charge is 0.457 e. The number of benzene rings is 3. The first-order valence-corrected chi connectivity index (χ1v) is 21.6. The number of aromatic nitrogens is 2. The Bertz CT molecular complexity index is 2210. The average molecular weight is 814 g/mol. The lowest BCUT2D eigenvalue weighted by Crippen LogP contribution is -2.52. The number of amides is 5. The van der Waals surface area contributed by atoms with Crippen molar-refractivity contribution in [1.29, 1.82) is 0 Å². The fraction of sp³-hybridized carbons (Fsp3) is 0.457. The molecule has 1 aromatic heterocycles. The van der Waals surface area contributed by atoms with Crippen LogP contribution in [0.15, 0.2) is 78.9 Å². The Balaban J connectivity index is 0.743. The molecule has 1 saturated carbocycles. The van der Waals surface area contributed by atoms with Gasteiger partial charge in [-0.2, -0.15) is 5.10 Å². The van der Waals surface area contributed by atoms with Gasteiger partial charge in [-0.15, -0.1) is 0 Å². The molecule has 1 atom stereocenters. The van der Waals surface area contributed by atoms with Crippen LogP contribution in [0.3, 0.4) is 0 Å². The molecule has 0 spiro atoms. The zero-order valence-electron chi connectivity index (χ0n) is 34.3. The number of hydrogen-bond acceptors (Lipinski definition) is 9. The van der Waals surface area contributed by atoms with Gasteiger partial charge in [-0.25, -0.2) is 9.48 Å². The van der Waals surface area contributed by atoms with Crippen molar-refractivity contribution in [3.8, 4) is 22.8 Å². The molecule has 3 saturated heterocycles. The maximum atomic E-state index is 13.7. The minimum Gasteiger partial charge on any atom is -0.457 e. The highest BCUT2D eigenvalue weighted by atomic mass is 16.5. The summed E-state index contributed by atoms with van der Waals surface area (Å²) in [5, 5.41) is 10.9. The molecule has 14 nitrogen and oxygen atoms in total. The predicted octanol–water partition coefficient (Wildman–Crippen LogP) is 6.11. The smallest absolute Gasteiger partial charge is 0.328 e. The Hall–Kier alpha value is -5.89. The van der Waals surface area contributed by atoms with Gasteiger partial charge < -0.3 is 30.5 Å². The van der Waals surface area contributed by atoms with Crippen molar-refractivity contribution in [3.63, 3.8) is 0 Å². The number of carbonyl (C=O) groups excluding carboxylic acids is 4. The van der Waals surface area contributed by atoms with Crippen molar-refractivity contribution < 1.29 is 23.9 Å². The van der Waals surface area contributed by atoms with Gasteiger partial charge in [-0.1, -0.05) is 24.3 Å². The molecule has 9 rings (SSSR count). The third kappa shape index (κ3) is 8.17. The number of ether oxygens (including phenoxy) is 1. The van der Waals surface area contributed by atoms with Crippen LogP contribution in [0.5, 0.6) is 11.5 Å². The molecule has 14 heteroatoms. The molecule has 5 aliphatic rings. The van der Waals surface area contributed by atoms with E-state index in [1.165, 1.54) is 0 Å². The van der Waals surface area contributed by atoms with Crippen LogP contribution in [0.25, 0.3) is 11.3 Å². The Morgan fingerprint density at radius 1 is 0.850 bits per heavy atom. The number of nitrogens with two attached hydrogens (primary N) is 1. The van der Waals surface area contributed by atoms with E-state index in [0.29, 0.717) is 59.6 Å². The molecular weight excluding hydrogens is 759 g/mol. The third-order valence-electron chi connectivity index (χ3n) is 13.5. The van der Waals surface area contributed by atoms with Crippen molar-refractivity contribution in [2.24, 2.45) is 23.5 Å². The number of carbonyl (C=O) groups is 4. The predicted molar refractivity (Wildman–Crippen MR) is 230 cm³/mol. The van der Waals surface area contributed by atoms with E-state index in [2.05, 4.69) is 44.5 Å².